The Bertz CT molecular complexity index is 757. The molecule has 0 bridgehead atoms. The maximum Gasteiger partial charge on any atom is 0.324 e. The van der Waals surface area contributed by atoms with Crippen molar-refractivity contribution in [1.82, 2.24) is 15.0 Å². The minimum Gasteiger partial charge on any atom is -0.492 e. The summed E-state index contributed by atoms with van der Waals surface area (Å²) in [5, 5.41) is 4.08. The number of anilines is 1. The van der Waals surface area contributed by atoms with Crippen molar-refractivity contribution in [3.63, 3.8) is 0 Å². The molecule has 0 spiro atoms. The van der Waals surface area contributed by atoms with Crippen molar-refractivity contribution in [2.24, 2.45) is 0 Å². The molecule has 0 radical (unpaired) electrons. The first kappa shape index (κ1) is 21.0. The lowest BCUT2D eigenvalue weighted by molar-refractivity contribution is 0.169. The highest BCUT2D eigenvalue weighted by Crippen LogP contribution is 2.25. The van der Waals surface area contributed by atoms with Gasteiger partial charge in [0.25, 0.3) is 0 Å². The average molecular weight is 405 g/mol. The molecule has 1 aromatic carbocycles. The molecule has 0 unspecified atom stereocenters. The molecule has 0 aliphatic carbocycles. The summed E-state index contributed by atoms with van der Waals surface area (Å²) in [6.07, 6.45) is 4.29. The van der Waals surface area contributed by atoms with Crippen LogP contribution in [0.2, 0.25) is 0 Å². The summed E-state index contributed by atoms with van der Waals surface area (Å²) in [6.45, 7) is 9.82. The number of ether oxygens (including phenoxy) is 1. The van der Waals surface area contributed by atoms with E-state index in [9.17, 15) is 0 Å². The van der Waals surface area contributed by atoms with E-state index in [1.165, 1.54) is 10.5 Å². The zero-order valence-electron chi connectivity index (χ0n) is 17.6. The van der Waals surface area contributed by atoms with Crippen LogP contribution in [0.25, 0.3) is 0 Å². The van der Waals surface area contributed by atoms with Gasteiger partial charge in [-0.05, 0) is 56.8 Å². The van der Waals surface area contributed by atoms with Gasteiger partial charge < -0.3 is 14.2 Å². The second-order valence-electron chi connectivity index (χ2n) is 7.77. The zero-order chi connectivity index (χ0) is 20.1. The van der Waals surface area contributed by atoms with Crippen LogP contribution in [0.5, 0.6) is 5.75 Å². The Morgan fingerprint density at radius 2 is 2.07 bits per heavy atom. The van der Waals surface area contributed by atoms with Gasteiger partial charge in [0, 0.05) is 36.5 Å². The SMILES string of the molecule is CSc1ccc(OCCN(C)C2CCN(c3nc(C(C)C)no3)CC2)cc1C. The van der Waals surface area contributed by atoms with Crippen LogP contribution in [0.3, 0.4) is 0 Å². The number of thioether (sulfide) groups is 1. The van der Waals surface area contributed by atoms with E-state index in [1.54, 1.807) is 11.8 Å². The molecular weight excluding hydrogens is 372 g/mol. The van der Waals surface area contributed by atoms with E-state index in [-0.39, 0.29) is 0 Å². The molecule has 28 heavy (non-hydrogen) atoms. The Kier molecular flexibility index (Phi) is 7.24. The Hall–Kier alpha value is -1.73. The minimum absolute atomic E-state index is 0.293. The van der Waals surface area contributed by atoms with Crippen LogP contribution in [-0.4, -0.2) is 60.6 Å². The molecule has 0 N–H and O–H groups in total. The predicted octanol–water partition coefficient (Wildman–Crippen LogP) is 4.20. The Labute approximate surface area is 172 Å². The third kappa shape index (κ3) is 5.20. The molecule has 3 rings (SSSR count). The quantitative estimate of drug-likeness (QED) is 0.611. The van der Waals surface area contributed by atoms with Gasteiger partial charge >= 0.3 is 6.01 Å². The van der Waals surface area contributed by atoms with Crippen molar-refractivity contribution in [2.45, 2.75) is 50.5 Å². The molecule has 6 nitrogen and oxygen atoms in total. The molecule has 2 aromatic rings. The minimum atomic E-state index is 0.293. The Morgan fingerprint density at radius 3 is 2.68 bits per heavy atom. The maximum atomic E-state index is 5.97. The fraction of sp³-hybridized carbons (Fsp3) is 0.619. The zero-order valence-corrected chi connectivity index (χ0v) is 18.5. The van der Waals surface area contributed by atoms with Crippen molar-refractivity contribution in [3.05, 3.63) is 29.6 Å². The monoisotopic (exact) mass is 404 g/mol. The Morgan fingerprint density at radius 1 is 1.32 bits per heavy atom. The van der Waals surface area contributed by atoms with Crippen LogP contribution in [-0.2, 0) is 0 Å². The second kappa shape index (κ2) is 9.65. The maximum absolute atomic E-state index is 5.97. The summed E-state index contributed by atoms with van der Waals surface area (Å²) in [4.78, 5) is 10.4. The van der Waals surface area contributed by atoms with E-state index in [0.717, 1.165) is 44.0 Å². The summed E-state index contributed by atoms with van der Waals surface area (Å²) < 4.78 is 11.4. The second-order valence-corrected chi connectivity index (χ2v) is 8.62. The van der Waals surface area contributed by atoms with Gasteiger partial charge in [-0.3, -0.25) is 4.90 Å². The topological polar surface area (TPSA) is 54.6 Å². The van der Waals surface area contributed by atoms with Crippen molar-refractivity contribution in [1.29, 1.82) is 0 Å². The molecule has 1 fully saturated rings. The van der Waals surface area contributed by atoms with Gasteiger partial charge in [-0.2, -0.15) is 4.98 Å². The van der Waals surface area contributed by atoms with Crippen molar-refractivity contribution < 1.29 is 9.26 Å². The van der Waals surface area contributed by atoms with E-state index in [4.69, 9.17) is 9.26 Å². The van der Waals surface area contributed by atoms with Crippen molar-refractivity contribution in [2.75, 3.05) is 44.4 Å². The standard InChI is InChI=1S/C21H32N4O2S/c1-15(2)20-22-21(27-23-20)25-10-8-17(9-11-25)24(4)12-13-26-18-6-7-19(28-5)16(3)14-18/h6-7,14-15,17H,8-13H2,1-5H3. The van der Waals surface area contributed by atoms with Crippen LogP contribution < -0.4 is 9.64 Å². The Balaban J connectivity index is 1.42. The number of hydrogen-bond donors (Lipinski definition) is 0. The summed E-state index contributed by atoms with van der Waals surface area (Å²) >= 11 is 1.77. The predicted molar refractivity (Wildman–Crippen MR) is 115 cm³/mol. The highest BCUT2D eigenvalue weighted by atomic mass is 32.2. The number of piperidine rings is 1. The number of aryl methyl sites for hydroxylation is 1. The fourth-order valence-corrected chi connectivity index (χ4v) is 4.10. The molecule has 1 aliphatic heterocycles. The van der Waals surface area contributed by atoms with Gasteiger partial charge in [0.15, 0.2) is 5.82 Å². The third-order valence-corrected chi connectivity index (χ3v) is 6.28. The molecule has 0 amide bonds. The molecule has 1 aromatic heterocycles. The molecule has 0 atom stereocenters. The highest BCUT2D eigenvalue weighted by molar-refractivity contribution is 7.98. The fourth-order valence-electron chi connectivity index (χ4n) is 3.52. The van der Waals surface area contributed by atoms with E-state index >= 15 is 0 Å². The van der Waals surface area contributed by atoms with Crippen LogP contribution in [0.4, 0.5) is 6.01 Å². The van der Waals surface area contributed by atoms with Crippen LogP contribution in [0.15, 0.2) is 27.6 Å². The van der Waals surface area contributed by atoms with E-state index < -0.39 is 0 Å². The van der Waals surface area contributed by atoms with Crippen molar-refractivity contribution in [3.8, 4) is 5.75 Å². The number of benzene rings is 1. The largest absolute Gasteiger partial charge is 0.492 e. The van der Waals surface area contributed by atoms with E-state index in [0.29, 0.717) is 24.6 Å². The summed E-state index contributed by atoms with van der Waals surface area (Å²) in [5.74, 6) is 2.03. The van der Waals surface area contributed by atoms with Crippen molar-refractivity contribution >= 4 is 17.8 Å². The van der Waals surface area contributed by atoms with Gasteiger partial charge in [0.1, 0.15) is 12.4 Å². The molecule has 0 saturated carbocycles. The average Bonchev–Trinajstić information content (AvgIpc) is 3.19. The number of hydrogen-bond acceptors (Lipinski definition) is 7. The molecule has 2 heterocycles. The lowest BCUT2D eigenvalue weighted by Crippen LogP contribution is -2.44. The number of rotatable bonds is 8. The van der Waals surface area contributed by atoms with Gasteiger partial charge in [-0.25, -0.2) is 0 Å². The van der Waals surface area contributed by atoms with Crippen LogP contribution in [0.1, 0.15) is 44.0 Å². The van der Waals surface area contributed by atoms with E-state index in [1.807, 2.05) is 0 Å². The van der Waals surface area contributed by atoms with Crippen LogP contribution in [0, 0.1) is 6.92 Å². The first-order chi connectivity index (χ1) is 13.5. The lowest BCUT2D eigenvalue weighted by atomic mass is 10.0. The van der Waals surface area contributed by atoms with Gasteiger partial charge in [0.05, 0.1) is 0 Å². The summed E-state index contributed by atoms with van der Waals surface area (Å²) in [7, 11) is 2.19. The van der Waals surface area contributed by atoms with Gasteiger partial charge in [-0.15, -0.1) is 11.8 Å². The number of nitrogens with zero attached hydrogens (tertiary/aromatic N) is 4. The van der Waals surface area contributed by atoms with Gasteiger partial charge in [-0.1, -0.05) is 19.0 Å². The van der Waals surface area contributed by atoms with E-state index in [2.05, 4.69) is 72.2 Å². The van der Waals surface area contributed by atoms with Crippen LogP contribution >= 0.6 is 11.8 Å². The molecule has 1 saturated heterocycles. The number of likely N-dealkylation sites (N-methyl/N-ethyl adjacent to an activating group) is 1. The smallest absolute Gasteiger partial charge is 0.324 e. The summed E-state index contributed by atoms with van der Waals surface area (Å²) in [6, 6.07) is 7.55. The van der Waals surface area contributed by atoms with Gasteiger partial charge in [0.2, 0.25) is 0 Å². The normalized spacial score (nSPS) is 15.6. The molecule has 1 aliphatic rings. The highest BCUT2D eigenvalue weighted by Gasteiger charge is 2.25. The molecule has 7 heteroatoms. The number of aromatic nitrogens is 2. The summed E-state index contributed by atoms with van der Waals surface area (Å²) in [5.41, 5.74) is 1.27. The third-order valence-electron chi connectivity index (χ3n) is 5.38. The molecule has 154 valence electrons. The first-order valence-electron chi connectivity index (χ1n) is 10.0. The molecular formula is C21H32N4O2S. The first-order valence-corrected chi connectivity index (χ1v) is 11.3. The lowest BCUT2D eigenvalue weighted by Gasteiger charge is -2.35.